The van der Waals surface area contributed by atoms with Gasteiger partial charge >= 0.3 is 0 Å². The third-order valence-electron chi connectivity index (χ3n) is 2.71. The fourth-order valence-corrected chi connectivity index (χ4v) is 2.29. The standard InChI is InChI=1S/C13H22N2O4S/c1-5-19-13-10-11(6-7-12(13)18-4)14-8-9-20(16,17)15(2)3/h6-7,10,14H,5,8-9H2,1-4H3. The molecule has 0 unspecified atom stereocenters. The minimum Gasteiger partial charge on any atom is -0.493 e. The van der Waals surface area contributed by atoms with Crippen molar-refractivity contribution >= 4 is 15.7 Å². The Morgan fingerprint density at radius 1 is 1.25 bits per heavy atom. The number of benzene rings is 1. The largest absolute Gasteiger partial charge is 0.493 e. The molecule has 0 aliphatic carbocycles. The summed E-state index contributed by atoms with van der Waals surface area (Å²) >= 11 is 0. The van der Waals surface area contributed by atoms with Gasteiger partial charge in [0.2, 0.25) is 10.0 Å². The van der Waals surface area contributed by atoms with E-state index in [0.717, 1.165) is 5.69 Å². The van der Waals surface area contributed by atoms with E-state index in [2.05, 4.69) is 5.32 Å². The molecule has 1 aromatic carbocycles. The molecule has 6 nitrogen and oxygen atoms in total. The van der Waals surface area contributed by atoms with Crippen LogP contribution in [0.3, 0.4) is 0 Å². The molecule has 7 heteroatoms. The second-order valence-electron chi connectivity index (χ2n) is 4.32. The number of anilines is 1. The fraction of sp³-hybridized carbons (Fsp3) is 0.538. The van der Waals surface area contributed by atoms with Crippen molar-refractivity contribution in [3.05, 3.63) is 18.2 Å². The predicted molar refractivity (Wildman–Crippen MR) is 80.1 cm³/mol. The van der Waals surface area contributed by atoms with Gasteiger partial charge in [0.15, 0.2) is 11.5 Å². The molecule has 0 heterocycles. The lowest BCUT2D eigenvalue weighted by Crippen LogP contribution is -2.28. The van der Waals surface area contributed by atoms with Crippen LogP contribution >= 0.6 is 0 Å². The van der Waals surface area contributed by atoms with Crippen LogP contribution in [0, 0.1) is 0 Å². The highest BCUT2D eigenvalue weighted by atomic mass is 32.2. The van der Waals surface area contributed by atoms with Crippen molar-refractivity contribution in [3.63, 3.8) is 0 Å². The average Bonchev–Trinajstić information content (AvgIpc) is 2.39. The molecule has 114 valence electrons. The van der Waals surface area contributed by atoms with Crippen LogP contribution in [0.2, 0.25) is 0 Å². The monoisotopic (exact) mass is 302 g/mol. The number of hydrogen-bond donors (Lipinski definition) is 1. The second kappa shape index (κ2) is 7.35. The number of nitrogens with one attached hydrogen (secondary N) is 1. The number of rotatable bonds is 8. The maximum Gasteiger partial charge on any atom is 0.215 e. The maximum absolute atomic E-state index is 11.6. The van der Waals surface area contributed by atoms with Crippen molar-refractivity contribution < 1.29 is 17.9 Å². The molecular weight excluding hydrogens is 280 g/mol. The topological polar surface area (TPSA) is 67.9 Å². The number of nitrogens with zero attached hydrogens (tertiary/aromatic N) is 1. The van der Waals surface area contributed by atoms with Gasteiger partial charge < -0.3 is 14.8 Å². The highest BCUT2D eigenvalue weighted by molar-refractivity contribution is 7.89. The van der Waals surface area contributed by atoms with Crippen molar-refractivity contribution in [2.24, 2.45) is 0 Å². The van der Waals surface area contributed by atoms with Crippen molar-refractivity contribution in [1.29, 1.82) is 0 Å². The van der Waals surface area contributed by atoms with Gasteiger partial charge in [0.05, 0.1) is 19.5 Å². The van der Waals surface area contributed by atoms with Gasteiger partial charge in [-0.3, -0.25) is 0 Å². The molecule has 0 spiro atoms. The van der Waals surface area contributed by atoms with Crippen LogP contribution in [-0.4, -0.2) is 52.8 Å². The van der Waals surface area contributed by atoms with Crippen LogP contribution < -0.4 is 14.8 Å². The number of hydrogen-bond acceptors (Lipinski definition) is 5. The van der Waals surface area contributed by atoms with Crippen LogP contribution in [0.4, 0.5) is 5.69 Å². The first-order valence-electron chi connectivity index (χ1n) is 6.35. The zero-order chi connectivity index (χ0) is 15.2. The minimum atomic E-state index is -3.19. The fourth-order valence-electron chi connectivity index (χ4n) is 1.56. The summed E-state index contributed by atoms with van der Waals surface area (Å²) in [6.07, 6.45) is 0. The van der Waals surface area contributed by atoms with Gasteiger partial charge in [-0.15, -0.1) is 0 Å². The van der Waals surface area contributed by atoms with Crippen LogP contribution in [-0.2, 0) is 10.0 Å². The summed E-state index contributed by atoms with van der Waals surface area (Å²) in [6, 6.07) is 5.40. The molecule has 1 aromatic rings. The van der Waals surface area contributed by atoms with Crippen LogP contribution in [0.15, 0.2) is 18.2 Å². The summed E-state index contributed by atoms with van der Waals surface area (Å²) in [5.41, 5.74) is 0.795. The lowest BCUT2D eigenvalue weighted by molar-refractivity contribution is 0.311. The first-order valence-corrected chi connectivity index (χ1v) is 7.96. The molecule has 0 saturated heterocycles. The normalized spacial score (nSPS) is 11.4. The smallest absolute Gasteiger partial charge is 0.215 e. The Kier molecular flexibility index (Phi) is 6.09. The zero-order valence-electron chi connectivity index (χ0n) is 12.3. The Labute approximate surface area is 120 Å². The Morgan fingerprint density at radius 2 is 1.95 bits per heavy atom. The number of sulfonamides is 1. The summed E-state index contributed by atoms with van der Waals surface area (Å²) in [5.74, 6) is 1.32. The maximum atomic E-state index is 11.6. The van der Waals surface area contributed by atoms with E-state index >= 15 is 0 Å². The molecule has 0 amide bonds. The predicted octanol–water partition coefficient (Wildman–Crippen LogP) is 1.40. The van der Waals surface area contributed by atoms with Crippen LogP contribution in [0.1, 0.15) is 6.92 Å². The quantitative estimate of drug-likeness (QED) is 0.786. The summed E-state index contributed by atoms with van der Waals surface area (Å²) in [4.78, 5) is 0. The Balaban J connectivity index is 2.67. The van der Waals surface area contributed by atoms with E-state index < -0.39 is 10.0 Å². The third kappa shape index (κ3) is 4.57. The average molecular weight is 302 g/mol. The minimum absolute atomic E-state index is 0.0377. The SMILES string of the molecule is CCOc1cc(NCCS(=O)(=O)N(C)C)ccc1OC. The van der Waals surface area contributed by atoms with E-state index in [1.54, 1.807) is 19.2 Å². The third-order valence-corrected chi connectivity index (χ3v) is 4.54. The zero-order valence-corrected chi connectivity index (χ0v) is 13.2. The van der Waals surface area contributed by atoms with Crippen LogP contribution in [0.5, 0.6) is 11.5 Å². The van der Waals surface area contributed by atoms with Crippen molar-refractivity contribution in [1.82, 2.24) is 4.31 Å². The lowest BCUT2D eigenvalue weighted by atomic mass is 10.2. The summed E-state index contributed by atoms with van der Waals surface area (Å²) in [5, 5.41) is 3.06. The Morgan fingerprint density at radius 3 is 2.50 bits per heavy atom. The van der Waals surface area contributed by atoms with Gasteiger partial charge in [-0.2, -0.15) is 0 Å². The molecule has 1 rings (SSSR count). The first kappa shape index (κ1) is 16.6. The van der Waals surface area contributed by atoms with Crippen molar-refractivity contribution in [2.45, 2.75) is 6.92 Å². The van der Waals surface area contributed by atoms with Gasteiger partial charge in [0, 0.05) is 32.4 Å². The second-order valence-corrected chi connectivity index (χ2v) is 6.63. The molecule has 0 aliphatic rings. The molecule has 1 N–H and O–H groups in total. The van der Waals surface area contributed by atoms with Gasteiger partial charge in [0.25, 0.3) is 0 Å². The summed E-state index contributed by atoms with van der Waals surface area (Å²) in [6.45, 7) is 2.76. The number of ether oxygens (including phenoxy) is 2. The molecule has 0 aromatic heterocycles. The Bertz CT molecular complexity index is 529. The van der Waals surface area contributed by atoms with Crippen molar-refractivity contribution in [3.8, 4) is 11.5 Å². The van der Waals surface area contributed by atoms with E-state index in [9.17, 15) is 8.42 Å². The molecule has 0 fully saturated rings. The number of methoxy groups -OCH3 is 1. The summed E-state index contributed by atoms with van der Waals surface area (Å²) in [7, 11) is 1.44. The van der Waals surface area contributed by atoms with Crippen LogP contribution in [0.25, 0.3) is 0 Å². The van der Waals surface area contributed by atoms with Gasteiger partial charge in [-0.05, 0) is 19.1 Å². The van der Waals surface area contributed by atoms with Gasteiger partial charge in [0.1, 0.15) is 0 Å². The van der Waals surface area contributed by atoms with Crippen molar-refractivity contribution in [2.75, 3.05) is 45.4 Å². The van der Waals surface area contributed by atoms with E-state index in [-0.39, 0.29) is 5.75 Å². The molecule has 0 bridgehead atoms. The summed E-state index contributed by atoms with van der Waals surface area (Å²) < 4.78 is 35.1. The first-order chi connectivity index (χ1) is 9.40. The molecule has 0 saturated carbocycles. The molecule has 0 aliphatic heterocycles. The van der Waals surface area contributed by atoms with E-state index in [0.29, 0.717) is 24.7 Å². The highest BCUT2D eigenvalue weighted by Crippen LogP contribution is 2.30. The van der Waals surface area contributed by atoms with E-state index in [4.69, 9.17) is 9.47 Å². The molecule has 20 heavy (non-hydrogen) atoms. The molecular formula is C13H22N2O4S. The lowest BCUT2D eigenvalue weighted by Gasteiger charge is -2.14. The molecule has 0 atom stereocenters. The van der Waals surface area contributed by atoms with Gasteiger partial charge in [-0.25, -0.2) is 12.7 Å². The van der Waals surface area contributed by atoms with Gasteiger partial charge in [-0.1, -0.05) is 0 Å². The Hall–Kier alpha value is -1.47. The van der Waals surface area contributed by atoms with E-state index in [1.807, 2.05) is 13.0 Å². The van der Waals surface area contributed by atoms with E-state index in [1.165, 1.54) is 18.4 Å². The molecule has 0 radical (unpaired) electrons. The highest BCUT2D eigenvalue weighted by Gasteiger charge is 2.13.